The first-order valence-corrected chi connectivity index (χ1v) is 5.94. The molecule has 0 fully saturated rings. The Balaban J connectivity index is 2.49. The maximum Gasteiger partial charge on any atom is 0.251 e. The second-order valence-electron chi connectivity index (χ2n) is 3.55. The summed E-state index contributed by atoms with van der Waals surface area (Å²) >= 11 is 11.5. The Morgan fingerprint density at radius 3 is 2.32 bits per heavy atom. The van der Waals surface area contributed by atoms with Crippen LogP contribution < -0.4 is 16.4 Å². The SMILES string of the molecule is NC(=O)CNC(=O)CNC(=O)c1ccc(Cl)c(Cl)c1. The Morgan fingerprint density at radius 1 is 1.05 bits per heavy atom. The molecule has 0 bridgehead atoms. The van der Waals surface area contributed by atoms with Crippen molar-refractivity contribution in [1.82, 2.24) is 10.6 Å². The number of halogens is 2. The molecule has 102 valence electrons. The number of hydrogen-bond acceptors (Lipinski definition) is 3. The van der Waals surface area contributed by atoms with Gasteiger partial charge < -0.3 is 16.4 Å². The summed E-state index contributed by atoms with van der Waals surface area (Å²) in [6, 6.07) is 4.34. The van der Waals surface area contributed by atoms with Crippen LogP contribution in [0.4, 0.5) is 0 Å². The highest BCUT2D eigenvalue weighted by Gasteiger charge is 2.10. The van der Waals surface area contributed by atoms with Crippen molar-refractivity contribution in [3.63, 3.8) is 0 Å². The zero-order valence-corrected chi connectivity index (χ0v) is 11.2. The van der Waals surface area contributed by atoms with Gasteiger partial charge in [-0.2, -0.15) is 0 Å². The van der Waals surface area contributed by atoms with E-state index >= 15 is 0 Å². The largest absolute Gasteiger partial charge is 0.368 e. The summed E-state index contributed by atoms with van der Waals surface area (Å²) in [5.41, 5.74) is 5.13. The number of carbonyl (C=O) groups excluding carboxylic acids is 3. The molecule has 3 amide bonds. The molecular weight excluding hydrogens is 293 g/mol. The average molecular weight is 304 g/mol. The Labute approximate surface area is 119 Å². The molecule has 19 heavy (non-hydrogen) atoms. The van der Waals surface area contributed by atoms with Crippen LogP contribution in [0.15, 0.2) is 18.2 Å². The number of rotatable bonds is 5. The van der Waals surface area contributed by atoms with E-state index in [4.69, 9.17) is 28.9 Å². The molecule has 0 radical (unpaired) electrons. The van der Waals surface area contributed by atoms with Crippen LogP contribution in [-0.2, 0) is 9.59 Å². The van der Waals surface area contributed by atoms with Gasteiger partial charge in [0.25, 0.3) is 5.91 Å². The first-order chi connectivity index (χ1) is 8.90. The second kappa shape index (κ2) is 6.96. The van der Waals surface area contributed by atoms with E-state index in [1.54, 1.807) is 0 Å². The summed E-state index contributed by atoms with van der Waals surface area (Å²) in [7, 11) is 0. The lowest BCUT2D eigenvalue weighted by atomic mass is 10.2. The monoisotopic (exact) mass is 303 g/mol. The molecule has 8 heteroatoms. The molecule has 0 aliphatic heterocycles. The summed E-state index contributed by atoms with van der Waals surface area (Å²) in [5.74, 6) is -1.66. The fraction of sp³-hybridized carbons (Fsp3) is 0.182. The van der Waals surface area contributed by atoms with E-state index in [0.29, 0.717) is 5.02 Å². The molecule has 0 spiro atoms. The van der Waals surface area contributed by atoms with Crippen molar-refractivity contribution in [3.05, 3.63) is 33.8 Å². The molecule has 0 heterocycles. The predicted molar refractivity (Wildman–Crippen MR) is 71.0 cm³/mol. The van der Waals surface area contributed by atoms with Gasteiger partial charge in [-0.3, -0.25) is 14.4 Å². The lowest BCUT2D eigenvalue weighted by molar-refractivity contribution is -0.124. The summed E-state index contributed by atoms with van der Waals surface area (Å²) in [6.07, 6.45) is 0. The lowest BCUT2D eigenvalue weighted by Crippen LogP contribution is -2.40. The zero-order valence-electron chi connectivity index (χ0n) is 9.70. The molecule has 0 atom stereocenters. The second-order valence-corrected chi connectivity index (χ2v) is 4.37. The van der Waals surface area contributed by atoms with Gasteiger partial charge in [0.1, 0.15) is 0 Å². The van der Waals surface area contributed by atoms with Crippen LogP contribution in [0.3, 0.4) is 0 Å². The van der Waals surface area contributed by atoms with Gasteiger partial charge >= 0.3 is 0 Å². The molecule has 4 N–H and O–H groups in total. The van der Waals surface area contributed by atoms with Gasteiger partial charge in [-0.1, -0.05) is 23.2 Å². The maximum atomic E-state index is 11.7. The van der Waals surface area contributed by atoms with Gasteiger partial charge in [-0.05, 0) is 18.2 Å². The summed E-state index contributed by atoms with van der Waals surface area (Å²) in [4.78, 5) is 33.3. The van der Waals surface area contributed by atoms with Crippen molar-refractivity contribution < 1.29 is 14.4 Å². The number of nitrogens with one attached hydrogen (secondary N) is 2. The molecular formula is C11H11Cl2N3O3. The van der Waals surface area contributed by atoms with Gasteiger partial charge in [0.15, 0.2) is 0 Å². The van der Waals surface area contributed by atoms with E-state index < -0.39 is 17.7 Å². The van der Waals surface area contributed by atoms with E-state index in [9.17, 15) is 14.4 Å². The highest BCUT2D eigenvalue weighted by atomic mass is 35.5. The highest BCUT2D eigenvalue weighted by Crippen LogP contribution is 2.22. The molecule has 1 rings (SSSR count). The van der Waals surface area contributed by atoms with E-state index in [2.05, 4.69) is 10.6 Å². The summed E-state index contributed by atoms with van der Waals surface area (Å²) in [6.45, 7) is -0.548. The van der Waals surface area contributed by atoms with Gasteiger partial charge in [0.05, 0.1) is 23.1 Å². The van der Waals surface area contributed by atoms with Crippen LogP contribution >= 0.6 is 23.2 Å². The Morgan fingerprint density at radius 2 is 1.74 bits per heavy atom. The van der Waals surface area contributed by atoms with Crippen LogP contribution in [0.5, 0.6) is 0 Å². The van der Waals surface area contributed by atoms with Gasteiger partial charge in [-0.25, -0.2) is 0 Å². The summed E-state index contributed by atoms with van der Waals surface area (Å²) < 4.78 is 0. The van der Waals surface area contributed by atoms with Gasteiger partial charge in [0, 0.05) is 5.56 Å². The topological polar surface area (TPSA) is 101 Å². The molecule has 1 aromatic carbocycles. The van der Waals surface area contributed by atoms with E-state index in [1.807, 2.05) is 0 Å². The molecule has 6 nitrogen and oxygen atoms in total. The molecule has 0 saturated heterocycles. The highest BCUT2D eigenvalue weighted by molar-refractivity contribution is 6.42. The molecule has 0 aliphatic carbocycles. The predicted octanol–water partition coefficient (Wildman–Crippen LogP) is 0.325. The molecule has 1 aromatic rings. The molecule has 0 unspecified atom stereocenters. The number of hydrogen-bond donors (Lipinski definition) is 3. The normalized spacial score (nSPS) is 9.79. The van der Waals surface area contributed by atoms with Crippen LogP contribution in [0.1, 0.15) is 10.4 Å². The van der Waals surface area contributed by atoms with Gasteiger partial charge in [0.2, 0.25) is 11.8 Å². The minimum Gasteiger partial charge on any atom is -0.368 e. The van der Waals surface area contributed by atoms with Crippen LogP contribution in [0.2, 0.25) is 10.0 Å². The standard InChI is InChI=1S/C11H11Cl2N3O3/c12-7-2-1-6(3-8(7)13)11(19)16-5-10(18)15-4-9(14)17/h1-3H,4-5H2,(H2,14,17)(H,15,18)(H,16,19). The Kier molecular flexibility index (Phi) is 5.59. The Hall–Kier alpha value is -1.79. The molecule has 0 aliphatic rings. The van der Waals surface area contributed by atoms with Crippen molar-refractivity contribution in [3.8, 4) is 0 Å². The number of primary amides is 1. The van der Waals surface area contributed by atoms with Crippen LogP contribution in [0, 0.1) is 0 Å². The Bertz CT molecular complexity index is 520. The molecule has 0 saturated carbocycles. The first kappa shape index (κ1) is 15.3. The van der Waals surface area contributed by atoms with Crippen molar-refractivity contribution in [2.75, 3.05) is 13.1 Å². The van der Waals surface area contributed by atoms with Crippen molar-refractivity contribution in [1.29, 1.82) is 0 Å². The smallest absolute Gasteiger partial charge is 0.251 e. The third-order valence-electron chi connectivity index (χ3n) is 2.05. The van der Waals surface area contributed by atoms with Gasteiger partial charge in [-0.15, -0.1) is 0 Å². The van der Waals surface area contributed by atoms with Crippen molar-refractivity contribution in [2.45, 2.75) is 0 Å². The average Bonchev–Trinajstić information content (AvgIpc) is 2.36. The van der Waals surface area contributed by atoms with E-state index in [-0.39, 0.29) is 23.7 Å². The minimum absolute atomic E-state index is 0.243. The maximum absolute atomic E-state index is 11.7. The number of carbonyl (C=O) groups is 3. The quantitative estimate of drug-likeness (QED) is 0.730. The number of nitrogens with two attached hydrogens (primary N) is 1. The summed E-state index contributed by atoms with van der Waals surface area (Å²) in [5, 5.41) is 5.17. The van der Waals surface area contributed by atoms with Crippen molar-refractivity contribution in [2.24, 2.45) is 5.73 Å². The number of benzene rings is 1. The molecule has 0 aromatic heterocycles. The minimum atomic E-state index is -0.663. The van der Waals surface area contributed by atoms with E-state index in [0.717, 1.165) is 0 Å². The van der Waals surface area contributed by atoms with Crippen LogP contribution in [0.25, 0.3) is 0 Å². The third-order valence-corrected chi connectivity index (χ3v) is 2.79. The lowest BCUT2D eigenvalue weighted by Gasteiger charge is -2.06. The van der Waals surface area contributed by atoms with E-state index in [1.165, 1.54) is 18.2 Å². The third kappa shape index (κ3) is 5.15. The number of amides is 3. The zero-order chi connectivity index (χ0) is 14.4. The fourth-order valence-corrected chi connectivity index (χ4v) is 1.45. The fourth-order valence-electron chi connectivity index (χ4n) is 1.15. The van der Waals surface area contributed by atoms with Crippen LogP contribution in [-0.4, -0.2) is 30.8 Å². The first-order valence-electron chi connectivity index (χ1n) is 5.18. The van der Waals surface area contributed by atoms with Crippen molar-refractivity contribution >= 4 is 40.9 Å².